The molecule has 1 aromatic rings. The first-order chi connectivity index (χ1) is 9.58. The molecule has 1 fully saturated rings. The van der Waals surface area contributed by atoms with Crippen LogP contribution in [0.25, 0.3) is 0 Å². The molecular formula is C16H23F2NO. The number of ether oxygens (including phenoxy) is 1. The van der Waals surface area contributed by atoms with E-state index in [-0.39, 0.29) is 11.8 Å². The van der Waals surface area contributed by atoms with Gasteiger partial charge in [0.1, 0.15) is 5.75 Å². The molecule has 1 saturated carbocycles. The maximum atomic E-state index is 12.2. The summed E-state index contributed by atoms with van der Waals surface area (Å²) in [7, 11) is 0. The number of benzene rings is 1. The van der Waals surface area contributed by atoms with Crippen LogP contribution in [0.1, 0.15) is 51.1 Å². The lowest BCUT2D eigenvalue weighted by atomic mass is 10.0. The molecule has 2 rings (SSSR count). The minimum Gasteiger partial charge on any atom is -0.435 e. The second kappa shape index (κ2) is 7.02. The van der Waals surface area contributed by atoms with Crippen LogP contribution in [-0.2, 0) is 0 Å². The molecule has 4 heteroatoms. The summed E-state index contributed by atoms with van der Waals surface area (Å²) in [5.74, 6) is 1.05. The largest absolute Gasteiger partial charge is 0.435 e. The van der Waals surface area contributed by atoms with E-state index in [4.69, 9.17) is 0 Å². The van der Waals surface area contributed by atoms with Crippen molar-refractivity contribution in [3.63, 3.8) is 0 Å². The van der Waals surface area contributed by atoms with Gasteiger partial charge in [0.05, 0.1) is 0 Å². The first-order valence-electron chi connectivity index (χ1n) is 7.39. The van der Waals surface area contributed by atoms with E-state index in [0.29, 0.717) is 6.04 Å². The Hall–Kier alpha value is -1.16. The van der Waals surface area contributed by atoms with Gasteiger partial charge < -0.3 is 10.1 Å². The van der Waals surface area contributed by atoms with Gasteiger partial charge in [-0.3, -0.25) is 0 Å². The highest BCUT2D eigenvalue weighted by atomic mass is 19.3. The van der Waals surface area contributed by atoms with Gasteiger partial charge in [0, 0.05) is 12.1 Å². The van der Waals surface area contributed by atoms with Crippen LogP contribution >= 0.6 is 0 Å². The third-order valence-corrected chi connectivity index (χ3v) is 4.19. The summed E-state index contributed by atoms with van der Waals surface area (Å²) >= 11 is 0. The van der Waals surface area contributed by atoms with Gasteiger partial charge in [0.2, 0.25) is 0 Å². The fraction of sp³-hybridized carbons (Fsp3) is 0.625. The molecule has 3 unspecified atom stereocenters. The lowest BCUT2D eigenvalue weighted by Gasteiger charge is -2.20. The molecular weight excluding hydrogens is 260 g/mol. The highest BCUT2D eigenvalue weighted by Gasteiger charge is 2.24. The van der Waals surface area contributed by atoms with Crippen LogP contribution in [0.2, 0.25) is 0 Å². The summed E-state index contributed by atoms with van der Waals surface area (Å²) in [4.78, 5) is 0. The van der Waals surface area contributed by atoms with Crippen LogP contribution in [-0.4, -0.2) is 12.7 Å². The average Bonchev–Trinajstić information content (AvgIpc) is 2.86. The molecule has 0 amide bonds. The van der Waals surface area contributed by atoms with Gasteiger partial charge in [0.25, 0.3) is 0 Å². The Kier molecular flexibility index (Phi) is 5.35. The monoisotopic (exact) mass is 283 g/mol. The van der Waals surface area contributed by atoms with Crippen LogP contribution < -0.4 is 10.1 Å². The Morgan fingerprint density at radius 1 is 1.35 bits per heavy atom. The zero-order valence-electron chi connectivity index (χ0n) is 12.1. The van der Waals surface area contributed by atoms with E-state index in [2.05, 4.69) is 23.9 Å². The first kappa shape index (κ1) is 15.2. The van der Waals surface area contributed by atoms with Gasteiger partial charge in [-0.25, -0.2) is 0 Å². The second-order valence-corrected chi connectivity index (χ2v) is 5.62. The zero-order chi connectivity index (χ0) is 14.5. The van der Waals surface area contributed by atoms with Gasteiger partial charge in [-0.15, -0.1) is 0 Å². The molecule has 1 aliphatic rings. The molecule has 0 heterocycles. The normalized spacial score (nSPS) is 24.1. The van der Waals surface area contributed by atoms with E-state index in [1.807, 2.05) is 6.07 Å². The summed E-state index contributed by atoms with van der Waals surface area (Å²) in [6, 6.07) is 7.64. The minimum atomic E-state index is -2.77. The molecule has 0 bridgehead atoms. The number of rotatable bonds is 6. The number of hydrogen-bond donors (Lipinski definition) is 1. The van der Waals surface area contributed by atoms with Crippen LogP contribution in [0.15, 0.2) is 24.3 Å². The van der Waals surface area contributed by atoms with E-state index >= 15 is 0 Å². The summed E-state index contributed by atoms with van der Waals surface area (Å²) in [5.41, 5.74) is 0.989. The number of hydrogen-bond acceptors (Lipinski definition) is 2. The van der Waals surface area contributed by atoms with Gasteiger partial charge in [0.15, 0.2) is 0 Å². The smallest absolute Gasteiger partial charge is 0.387 e. The number of alkyl halides is 2. The molecule has 112 valence electrons. The van der Waals surface area contributed by atoms with Crippen molar-refractivity contribution >= 4 is 0 Å². The van der Waals surface area contributed by atoms with Gasteiger partial charge >= 0.3 is 6.61 Å². The predicted octanol–water partition coefficient (Wildman–Crippen LogP) is 4.52. The number of nitrogens with one attached hydrogen (secondary N) is 1. The SMILES string of the molecule is CCC1CCC(NC(C)c2cccc(OC(F)F)c2)C1. The minimum absolute atomic E-state index is 0.150. The fourth-order valence-corrected chi connectivity index (χ4v) is 3.01. The molecule has 0 aromatic heterocycles. The Morgan fingerprint density at radius 2 is 2.15 bits per heavy atom. The third-order valence-electron chi connectivity index (χ3n) is 4.19. The third kappa shape index (κ3) is 4.17. The summed E-state index contributed by atoms with van der Waals surface area (Å²) in [5, 5.41) is 3.60. The molecule has 20 heavy (non-hydrogen) atoms. The topological polar surface area (TPSA) is 21.3 Å². The zero-order valence-corrected chi connectivity index (χ0v) is 12.1. The Morgan fingerprint density at radius 3 is 2.80 bits per heavy atom. The maximum Gasteiger partial charge on any atom is 0.387 e. The van der Waals surface area contributed by atoms with E-state index in [0.717, 1.165) is 11.5 Å². The second-order valence-electron chi connectivity index (χ2n) is 5.62. The van der Waals surface area contributed by atoms with Crippen LogP contribution in [0.3, 0.4) is 0 Å². The first-order valence-corrected chi connectivity index (χ1v) is 7.39. The average molecular weight is 283 g/mol. The van der Waals surface area contributed by atoms with Crippen molar-refractivity contribution in [2.45, 2.75) is 58.2 Å². The lowest BCUT2D eigenvalue weighted by Crippen LogP contribution is -2.29. The van der Waals surface area contributed by atoms with E-state index in [9.17, 15) is 8.78 Å². The van der Waals surface area contributed by atoms with Crippen molar-refractivity contribution in [3.8, 4) is 5.75 Å². The van der Waals surface area contributed by atoms with Gasteiger partial charge in [-0.1, -0.05) is 25.5 Å². The molecule has 1 aromatic carbocycles. The molecule has 0 aliphatic heterocycles. The van der Waals surface area contributed by atoms with Crippen LogP contribution in [0.5, 0.6) is 5.75 Å². The van der Waals surface area contributed by atoms with Crippen LogP contribution in [0.4, 0.5) is 8.78 Å². The van der Waals surface area contributed by atoms with Gasteiger partial charge in [-0.2, -0.15) is 8.78 Å². The van der Waals surface area contributed by atoms with Crippen molar-refractivity contribution in [3.05, 3.63) is 29.8 Å². The molecule has 3 atom stereocenters. The molecule has 2 nitrogen and oxygen atoms in total. The highest BCUT2D eigenvalue weighted by Crippen LogP contribution is 2.30. The van der Waals surface area contributed by atoms with Crippen LogP contribution in [0, 0.1) is 5.92 Å². The lowest BCUT2D eigenvalue weighted by molar-refractivity contribution is -0.0499. The van der Waals surface area contributed by atoms with Crippen molar-refractivity contribution in [1.82, 2.24) is 5.32 Å². The molecule has 0 radical (unpaired) electrons. The standard InChI is InChI=1S/C16H23F2NO/c1-3-12-7-8-14(9-12)19-11(2)13-5-4-6-15(10-13)20-16(17)18/h4-6,10-12,14,16,19H,3,7-9H2,1-2H3. The van der Waals surface area contributed by atoms with Crippen molar-refractivity contribution < 1.29 is 13.5 Å². The van der Waals surface area contributed by atoms with Crippen molar-refractivity contribution in [2.75, 3.05) is 0 Å². The van der Waals surface area contributed by atoms with Gasteiger partial charge in [-0.05, 0) is 49.8 Å². The highest BCUT2D eigenvalue weighted by molar-refractivity contribution is 5.30. The summed E-state index contributed by atoms with van der Waals surface area (Å²) < 4.78 is 28.9. The van der Waals surface area contributed by atoms with E-state index in [1.165, 1.54) is 25.7 Å². The summed E-state index contributed by atoms with van der Waals surface area (Å²) in [6.07, 6.45) is 4.95. The number of halogens is 2. The molecule has 1 N–H and O–H groups in total. The Balaban J connectivity index is 1.93. The Labute approximate surface area is 119 Å². The fourth-order valence-electron chi connectivity index (χ4n) is 3.01. The predicted molar refractivity (Wildman–Crippen MR) is 76.0 cm³/mol. The van der Waals surface area contributed by atoms with Crippen molar-refractivity contribution in [1.29, 1.82) is 0 Å². The summed E-state index contributed by atoms with van der Waals surface area (Å²) in [6.45, 7) is 1.54. The Bertz CT molecular complexity index is 425. The van der Waals surface area contributed by atoms with Crippen molar-refractivity contribution in [2.24, 2.45) is 5.92 Å². The molecule has 0 spiro atoms. The molecule has 1 aliphatic carbocycles. The van der Waals surface area contributed by atoms with E-state index < -0.39 is 6.61 Å². The maximum absolute atomic E-state index is 12.2. The quantitative estimate of drug-likeness (QED) is 0.829. The van der Waals surface area contributed by atoms with E-state index in [1.54, 1.807) is 18.2 Å². The molecule has 0 saturated heterocycles.